The molecule has 0 radical (unpaired) electrons. The van der Waals surface area contributed by atoms with Crippen LogP contribution in [-0.2, 0) is 0 Å². The zero-order chi connectivity index (χ0) is 8.60. The highest BCUT2D eigenvalue weighted by molar-refractivity contribution is 5.48. The largest absolute Gasteiger partial charge is 0.384 e. The monoisotopic (exact) mass is 163 g/mol. The standard InChI is InChI=1S/C9H13N3/c1-9(4-5-9)12-7-2-3-8(10)11-6-7/h2-3,6,12H,4-5H2,1H3,(H2,10,11). The first-order valence-corrected chi connectivity index (χ1v) is 4.18. The van der Waals surface area contributed by atoms with Gasteiger partial charge in [0, 0.05) is 5.54 Å². The molecule has 1 fully saturated rings. The maximum Gasteiger partial charge on any atom is 0.123 e. The molecule has 2 rings (SSSR count). The second-order valence-electron chi connectivity index (χ2n) is 3.66. The van der Waals surface area contributed by atoms with Gasteiger partial charge in [-0.05, 0) is 31.9 Å². The lowest BCUT2D eigenvalue weighted by atomic mass is 10.3. The highest BCUT2D eigenvalue weighted by Crippen LogP contribution is 2.37. The molecular formula is C9H13N3. The number of nitrogens with one attached hydrogen (secondary N) is 1. The number of nitrogen functional groups attached to an aromatic ring is 1. The van der Waals surface area contributed by atoms with Gasteiger partial charge >= 0.3 is 0 Å². The molecule has 1 aromatic heterocycles. The molecule has 0 saturated heterocycles. The zero-order valence-electron chi connectivity index (χ0n) is 7.17. The summed E-state index contributed by atoms with van der Waals surface area (Å²) in [5.41, 5.74) is 6.84. The molecule has 0 amide bonds. The Morgan fingerprint density at radius 1 is 1.50 bits per heavy atom. The van der Waals surface area contributed by atoms with Gasteiger partial charge in [-0.2, -0.15) is 0 Å². The smallest absolute Gasteiger partial charge is 0.123 e. The van der Waals surface area contributed by atoms with Crippen molar-refractivity contribution in [2.24, 2.45) is 0 Å². The molecule has 0 bridgehead atoms. The third-order valence-corrected chi connectivity index (χ3v) is 2.23. The van der Waals surface area contributed by atoms with Gasteiger partial charge in [0.1, 0.15) is 5.82 Å². The van der Waals surface area contributed by atoms with E-state index in [4.69, 9.17) is 5.73 Å². The van der Waals surface area contributed by atoms with Gasteiger partial charge in [-0.15, -0.1) is 0 Å². The van der Waals surface area contributed by atoms with Crippen LogP contribution in [0.5, 0.6) is 0 Å². The van der Waals surface area contributed by atoms with Gasteiger partial charge in [-0.1, -0.05) is 0 Å². The number of pyridine rings is 1. The SMILES string of the molecule is CC1(Nc2ccc(N)nc2)CC1. The quantitative estimate of drug-likeness (QED) is 0.696. The van der Waals surface area contributed by atoms with Crippen molar-refractivity contribution in [2.45, 2.75) is 25.3 Å². The maximum absolute atomic E-state index is 5.47. The lowest BCUT2D eigenvalue weighted by molar-refractivity contribution is 0.828. The van der Waals surface area contributed by atoms with Crippen LogP contribution in [0.25, 0.3) is 0 Å². The molecule has 0 atom stereocenters. The Bertz CT molecular complexity index is 274. The Hall–Kier alpha value is -1.25. The molecule has 0 unspecified atom stereocenters. The second-order valence-corrected chi connectivity index (χ2v) is 3.66. The minimum atomic E-state index is 0.317. The molecule has 1 aromatic rings. The van der Waals surface area contributed by atoms with E-state index >= 15 is 0 Å². The zero-order valence-corrected chi connectivity index (χ0v) is 7.17. The Morgan fingerprint density at radius 2 is 2.25 bits per heavy atom. The fourth-order valence-electron chi connectivity index (χ4n) is 1.14. The Labute approximate surface area is 72.0 Å². The van der Waals surface area contributed by atoms with Crippen LogP contribution in [0.15, 0.2) is 18.3 Å². The fraction of sp³-hybridized carbons (Fsp3) is 0.444. The van der Waals surface area contributed by atoms with Crippen molar-refractivity contribution in [3.63, 3.8) is 0 Å². The van der Waals surface area contributed by atoms with Crippen LogP contribution in [0.2, 0.25) is 0 Å². The Kier molecular flexibility index (Phi) is 1.46. The first-order chi connectivity index (χ1) is 5.68. The number of nitrogens with two attached hydrogens (primary N) is 1. The van der Waals surface area contributed by atoms with Crippen LogP contribution in [0, 0.1) is 0 Å². The van der Waals surface area contributed by atoms with Crippen molar-refractivity contribution < 1.29 is 0 Å². The molecule has 3 nitrogen and oxygen atoms in total. The van der Waals surface area contributed by atoms with Gasteiger partial charge in [0.05, 0.1) is 11.9 Å². The molecule has 3 heteroatoms. The minimum absolute atomic E-state index is 0.317. The number of anilines is 2. The summed E-state index contributed by atoms with van der Waals surface area (Å²) in [7, 11) is 0. The molecule has 1 aliphatic carbocycles. The molecular weight excluding hydrogens is 150 g/mol. The molecule has 1 saturated carbocycles. The first kappa shape index (κ1) is 7.40. The van der Waals surface area contributed by atoms with E-state index in [2.05, 4.69) is 17.2 Å². The first-order valence-electron chi connectivity index (χ1n) is 4.18. The normalized spacial score (nSPS) is 18.8. The lowest BCUT2D eigenvalue weighted by Crippen LogP contribution is -2.15. The summed E-state index contributed by atoms with van der Waals surface area (Å²) in [6.45, 7) is 2.21. The maximum atomic E-state index is 5.47. The minimum Gasteiger partial charge on any atom is -0.384 e. The third kappa shape index (κ3) is 1.49. The topological polar surface area (TPSA) is 50.9 Å². The van der Waals surface area contributed by atoms with Gasteiger partial charge in [-0.25, -0.2) is 4.98 Å². The van der Waals surface area contributed by atoms with Crippen molar-refractivity contribution in [2.75, 3.05) is 11.1 Å². The van der Waals surface area contributed by atoms with E-state index < -0.39 is 0 Å². The molecule has 1 heterocycles. The van der Waals surface area contributed by atoms with Crippen molar-refractivity contribution in [1.29, 1.82) is 0 Å². The summed E-state index contributed by atoms with van der Waals surface area (Å²) in [6.07, 6.45) is 4.27. The number of hydrogen-bond acceptors (Lipinski definition) is 3. The van der Waals surface area contributed by atoms with Crippen molar-refractivity contribution in [1.82, 2.24) is 4.98 Å². The highest BCUT2D eigenvalue weighted by atomic mass is 15.0. The molecule has 3 N–H and O–H groups in total. The molecule has 64 valence electrons. The highest BCUT2D eigenvalue weighted by Gasteiger charge is 2.36. The summed E-state index contributed by atoms with van der Waals surface area (Å²) in [6, 6.07) is 3.78. The predicted octanol–water partition coefficient (Wildman–Crippen LogP) is 1.63. The number of rotatable bonds is 2. The summed E-state index contributed by atoms with van der Waals surface area (Å²) in [4.78, 5) is 4.01. The molecule has 0 aromatic carbocycles. The molecule has 12 heavy (non-hydrogen) atoms. The van der Waals surface area contributed by atoms with Gasteiger partial charge in [0.15, 0.2) is 0 Å². The molecule has 0 aliphatic heterocycles. The van der Waals surface area contributed by atoms with Crippen LogP contribution >= 0.6 is 0 Å². The summed E-state index contributed by atoms with van der Waals surface area (Å²) in [5, 5.41) is 3.40. The molecule has 0 spiro atoms. The van der Waals surface area contributed by atoms with Gasteiger partial charge in [-0.3, -0.25) is 0 Å². The number of nitrogens with zero attached hydrogens (tertiary/aromatic N) is 1. The number of hydrogen-bond donors (Lipinski definition) is 2. The van der Waals surface area contributed by atoms with Crippen molar-refractivity contribution in [3.8, 4) is 0 Å². The fourth-order valence-corrected chi connectivity index (χ4v) is 1.14. The van der Waals surface area contributed by atoms with Gasteiger partial charge in [0.25, 0.3) is 0 Å². The summed E-state index contributed by atoms with van der Waals surface area (Å²) >= 11 is 0. The van der Waals surface area contributed by atoms with E-state index in [0.717, 1.165) is 5.69 Å². The molecule has 1 aliphatic rings. The average molecular weight is 163 g/mol. The number of aromatic nitrogens is 1. The van der Waals surface area contributed by atoms with Crippen LogP contribution in [0.1, 0.15) is 19.8 Å². The van der Waals surface area contributed by atoms with Crippen molar-refractivity contribution >= 4 is 11.5 Å². The Morgan fingerprint density at radius 3 is 2.75 bits per heavy atom. The van der Waals surface area contributed by atoms with E-state index in [1.54, 1.807) is 6.20 Å². The van der Waals surface area contributed by atoms with E-state index in [1.165, 1.54) is 12.8 Å². The Balaban J connectivity index is 2.08. The van der Waals surface area contributed by atoms with Crippen LogP contribution in [0.4, 0.5) is 11.5 Å². The van der Waals surface area contributed by atoms with Crippen LogP contribution in [0.3, 0.4) is 0 Å². The lowest BCUT2D eigenvalue weighted by Gasteiger charge is -2.12. The van der Waals surface area contributed by atoms with Crippen molar-refractivity contribution in [3.05, 3.63) is 18.3 Å². The van der Waals surface area contributed by atoms with E-state index in [-0.39, 0.29) is 0 Å². The van der Waals surface area contributed by atoms with Gasteiger partial charge < -0.3 is 11.1 Å². The average Bonchev–Trinajstić information content (AvgIpc) is 2.74. The van der Waals surface area contributed by atoms with E-state index in [0.29, 0.717) is 11.4 Å². The summed E-state index contributed by atoms with van der Waals surface area (Å²) in [5.74, 6) is 0.571. The predicted molar refractivity (Wildman–Crippen MR) is 49.9 cm³/mol. The van der Waals surface area contributed by atoms with E-state index in [1.807, 2.05) is 12.1 Å². The van der Waals surface area contributed by atoms with Gasteiger partial charge in [0.2, 0.25) is 0 Å². The third-order valence-electron chi connectivity index (χ3n) is 2.23. The van der Waals surface area contributed by atoms with Crippen LogP contribution < -0.4 is 11.1 Å². The second kappa shape index (κ2) is 2.37. The summed E-state index contributed by atoms with van der Waals surface area (Å²) < 4.78 is 0. The van der Waals surface area contributed by atoms with Crippen LogP contribution in [-0.4, -0.2) is 10.5 Å². The van der Waals surface area contributed by atoms with E-state index in [9.17, 15) is 0 Å².